The van der Waals surface area contributed by atoms with Crippen molar-refractivity contribution in [2.75, 3.05) is 0 Å². The minimum Gasteiger partial charge on any atom is -0.299 e. The second-order valence-corrected chi connectivity index (χ2v) is 10.7. The smallest absolute Gasteiger partial charge is 0.144 e. The number of benzene rings is 3. The van der Waals surface area contributed by atoms with Crippen molar-refractivity contribution >= 4 is 0 Å². The quantitative estimate of drug-likeness (QED) is 0.279. The monoisotopic (exact) mass is 478 g/mol. The van der Waals surface area contributed by atoms with Gasteiger partial charge in [0, 0.05) is 18.0 Å². The fourth-order valence-corrected chi connectivity index (χ4v) is 6.50. The van der Waals surface area contributed by atoms with Crippen molar-refractivity contribution < 1.29 is 4.39 Å². The minimum atomic E-state index is -0.213. The summed E-state index contributed by atoms with van der Waals surface area (Å²) in [4.78, 5) is 4.79. The van der Waals surface area contributed by atoms with E-state index in [9.17, 15) is 4.39 Å². The van der Waals surface area contributed by atoms with Gasteiger partial charge in [0.05, 0.1) is 5.69 Å². The van der Waals surface area contributed by atoms with Crippen LogP contribution in [0, 0.1) is 5.82 Å². The summed E-state index contributed by atoms with van der Waals surface area (Å²) in [7, 11) is 0. The number of imidazole rings is 1. The average molecular weight is 479 g/mol. The summed E-state index contributed by atoms with van der Waals surface area (Å²) in [6.07, 6.45) is 16.9. The molecule has 0 aliphatic heterocycles. The maximum Gasteiger partial charge on any atom is 0.144 e. The van der Waals surface area contributed by atoms with Crippen LogP contribution in [0.1, 0.15) is 87.2 Å². The Labute approximate surface area is 214 Å². The second-order valence-electron chi connectivity index (χ2n) is 10.7. The van der Waals surface area contributed by atoms with Crippen LogP contribution in [0.3, 0.4) is 0 Å². The molecule has 0 N–H and O–H groups in total. The Morgan fingerprint density at radius 2 is 1.22 bits per heavy atom. The first-order valence-corrected chi connectivity index (χ1v) is 13.8. The third kappa shape index (κ3) is 4.64. The molecule has 4 aromatic rings. The maximum atomic E-state index is 13.7. The van der Waals surface area contributed by atoms with Gasteiger partial charge >= 0.3 is 0 Å². The van der Waals surface area contributed by atoms with Gasteiger partial charge in [-0.3, -0.25) is 4.57 Å². The van der Waals surface area contributed by atoms with E-state index in [2.05, 4.69) is 53.2 Å². The fourth-order valence-electron chi connectivity index (χ4n) is 6.50. The predicted molar refractivity (Wildman–Crippen MR) is 146 cm³/mol. The van der Waals surface area contributed by atoms with Crippen molar-refractivity contribution in [2.45, 2.75) is 76.0 Å². The summed E-state index contributed by atoms with van der Waals surface area (Å²) in [6, 6.07) is 22.6. The van der Waals surface area contributed by atoms with E-state index < -0.39 is 0 Å². The Bertz CT molecular complexity index is 1250. The lowest BCUT2D eigenvalue weighted by atomic mass is 9.77. The second kappa shape index (κ2) is 10.4. The van der Waals surface area contributed by atoms with E-state index in [-0.39, 0.29) is 5.82 Å². The van der Waals surface area contributed by atoms with E-state index in [1.165, 1.54) is 104 Å². The highest BCUT2D eigenvalue weighted by atomic mass is 19.1. The zero-order valence-electron chi connectivity index (χ0n) is 21.0. The molecule has 184 valence electrons. The lowest BCUT2D eigenvalue weighted by molar-refractivity contribution is 0.434. The molecule has 0 atom stereocenters. The maximum absolute atomic E-state index is 13.7. The molecule has 2 nitrogen and oxygen atoms in total. The summed E-state index contributed by atoms with van der Waals surface area (Å²) in [5.41, 5.74) is 7.87. The van der Waals surface area contributed by atoms with Crippen LogP contribution in [-0.2, 0) is 0 Å². The van der Waals surface area contributed by atoms with Crippen molar-refractivity contribution in [2.24, 2.45) is 0 Å². The lowest BCUT2D eigenvalue weighted by Crippen LogP contribution is -2.15. The van der Waals surface area contributed by atoms with Gasteiger partial charge in [-0.1, -0.05) is 68.9 Å². The number of hydrogen-bond acceptors (Lipinski definition) is 1. The molecule has 1 heterocycles. The molecular formula is C33H35FN2. The van der Waals surface area contributed by atoms with E-state index in [0.29, 0.717) is 11.8 Å². The number of rotatable bonds is 5. The van der Waals surface area contributed by atoms with E-state index in [0.717, 1.165) is 11.4 Å². The average Bonchev–Trinajstić information content (AvgIpc) is 3.44. The number of hydrogen-bond donors (Lipinski definition) is 0. The molecule has 0 spiro atoms. The standard InChI is InChI=1S/C33H35FN2/c34-29-18-16-27(17-19-29)33-35-20-21-36(33)32-30(25-12-6-2-7-13-25)22-28(24-10-4-1-5-11-24)23-31(32)26-14-8-3-9-15-26/h1,4-5,10-11,16-23,25-26H,2-3,6-9,12-15H2. The van der Waals surface area contributed by atoms with Gasteiger partial charge in [0.2, 0.25) is 0 Å². The molecular weight excluding hydrogens is 443 g/mol. The number of halogens is 1. The SMILES string of the molecule is Fc1ccc(-c2nccn2-c2c(C3CCCCC3)cc(-c3ccccc3)cc2C2CCCCC2)cc1. The van der Waals surface area contributed by atoms with Gasteiger partial charge in [-0.15, -0.1) is 0 Å². The third-order valence-electron chi connectivity index (χ3n) is 8.35. The molecule has 36 heavy (non-hydrogen) atoms. The first-order chi connectivity index (χ1) is 17.8. The molecule has 2 saturated carbocycles. The van der Waals surface area contributed by atoms with Crippen molar-refractivity contribution in [1.82, 2.24) is 9.55 Å². The Hall–Kier alpha value is -3.20. The van der Waals surface area contributed by atoms with E-state index >= 15 is 0 Å². The van der Waals surface area contributed by atoms with Crippen molar-refractivity contribution in [3.8, 4) is 28.2 Å². The highest BCUT2D eigenvalue weighted by Crippen LogP contribution is 2.45. The largest absolute Gasteiger partial charge is 0.299 e. The molecule has 3 aromatic carbocycles. The van der Waals surface area contributed by atoms with Gasteiger partial charge in [-0.05, 0) is 96.2 Å². The van der Waals surface area contributed by atoms with Gasteiger partial charge in [0.1, 0.15) is 11.6 Å². The topological polar surface area (TPSA) is 17.8 Å². The fraction of sp³-hybridized carbons (Fsp3) is 0.364. The van der Waals surface area contributed by atoms with Crippen LogP contribution in [0.15, 0.2) is 79.1 Å². The minimum absolute atomic E-state index is 0.213. The normalized spacial score (nSPS) is 17.4. The summed E-state index contributed by atoms with van der Waals surface area (Å²) in [6.45, 7) is 0. The van der Waals surface area contributed by atoms with Crippen LogP contribution in [0.2, 0.25) is 0 Å². The highest BCUT2D eigenvalue weighted by Gasteiger charge is 2.28. The highest BCUT2D eigenvalue weighted by molar-refractivity contribution is 5.71. The number of aromatic nitrogens is 2. The van der Waals surface area contributed by atoms with Crippen molar-refractivity contribution in [3.63, 3.8) is 0 Å². The predicted octanol–water partition coefficient (Wildman–Crippen LogP) is 9.44. The molecule has 2 fully saturated rings. The van der Waals surface area contributed by atoms with Gasteiger partial charge in [-0.2, -0.15) is 0 Å². The van der Waals surface area contributed by atoms with Crippen molar-refractivity contribution in [3.05, 3.63) is 96.1 Å². The van der Waals surface area contributed by atoms with Crippen LogP contribution in [-0.4, -0.2) is 9.55 Å². The van der Waals surface area contributed by atoms with Crippen LogP contribution >= 0.6 is 0 Å². The van der Waals surface area contributed by atoms with Crippen LogP contribution in [0.5, 0.6) is 0 Å². The molecule has 0 bridgehead atoms. The molecule has 0 radical (unpaired) electrons. The first kappa shape index (κ1) is 23.2. The van der Waals surface area contributed by atoms with Crippen LogP contribution in [0.25, 0.3) is 28.2 Å². The zero-order chi connectivity index (χ0) is 24.3. The molecule has 0 amide bonds. The van der Waals surface area contributed by atoms with Gasteiger partial charge in [0.25, 0.3) is 0 Å². The van der Waals surface area contributed by atoms with Gasteiger partial charge in [-0.25, -0.2) is 9.37 Å². The molecule has 6 rings (SSSR count). The van der Waals surface area contributed by atoms with Gasteiger partial charge in [0.15, 0.2) is 0 Å². The molecule has 0 saturated heterocycles. The van der Waals surface area contributed by atoms with Crippen LogP contribution in [0.4, 0.5) is 4.39 Å². The summed E-state index contributed by atoms with van der Waals surface area (Å²) < 4.78 is 16.1. The molecule has 1 aromatic heterocycles. The molecule has 3 heteroatoms. The summed E-state index contributed by atoms with van der Waals surface area (Å²) in [5, 5.41) is 0. The van der Waals surface area contributed by atoms with Gasteiger partial charge < -0.3 is 0 Å². The summed E-state index contributed by atoms with van der Waals surface area (Å²) >= 11 is 0. The lowest BCUT2D eigenvalue weighted by Gasteiger charge is -2.31. The number of nitrogens with zero attached hydrogens (tertiary/aromatic N) is 2. The van der Waals surface area contributed by atoms with Crippen molar-refractivity contribution in [1.29, 1.82) is 0 Å². The molecule has 2 aliphatic rings. The van der Waals surface area contributed by atoms with E-state index in [1.54, 1.807) is 0 Å². The summed E-state index contributed by atoms with van der Waals surface area (Å²) in [5.74, 6) is 1.80. The Kier molecular flexibility index (Phi) is 6.72. The van der Waals surface area contributed by atoms with Crippen LogP contribution < -0.4 is 0 Å². The molecule has 2 aliphatic carbocycles. The van der Waals surface area contributed by atoms with E-state index in [1.807, 2.05) is 18.3 Å². The Balaban J connectivity index is 1.59. The van der Waals surface area contributed by atoms with E-state index in [4.69, 9.17) is 4.98 Å². The Morgan fingerprint density at radius 1 is 0.639 bits per heavy atom. The third-order valence-corrected chi connectivity index (χ3v) is 8.35. The zero-order valence-corrected chi connectivity index (χ0v) is 21.0. The Morgan fingerprint density at radius 3 is 1.81 bits per heavy atom. The first-order valence-electron chi connectivity index (χ1n) is 13.8. The molecule has 0 unspecified atom stereocenters.